The van der Waals surface area contributed by atoms with Crippen LogP contribution in [0.4, 0.5) is 0 Å². The van der Waals surface area contributed by atoms with Crippen LogP contribution < -0.4 is 27.0 Å². The first kappa shape index (κ1) is 43.3. The zero-order chi connectivity index (χ0) is 38.0. The van der Waals surface area contributed by atoms with Crippen molar-refractivity contribution in [2.24, 2.45) is 11.7 Å². The topological polar surface area (TPSA) is 319 Å². The molecule has 0 aromatic rings. The molecule has 3 unspecified atom stereocenters. The van der Waals surface area contributed by atoms with E-state index in [1.807, 2.05) is 0 Å². The van der Waals surface area contributed by atoms with E-state index in [0.29, 0.717) is 0 Å². The molecular formula is C28H41BN6O15. The number of hydrogen-bond acceptors (Lipinski definition) is 14. The molecule has 22 heteroatoms. The SMILES string of the molecule is CC(C)[C@H](NC(=O)CCNC(=O)CN1C(=O)C=CC1=O)C(N)=O.[B]C(=O)COCNC(=O)CNC(=O)CCOC1O[C@H](C(=O)O)C(O)CC1O. The van der Waals surface area contributed by atoms with Crippen LogP contribution in [0.25, 0.3) is 0 Å². The maximum atomic E-state index is 11.7. The monoisotopic (exact) mass is 712 g/mol. The minimum Gasteiger partial charge on any atom is -0.479 e. The summed E-state index contributed by atoms with van der Waals surface area (Å²) in [5, 5.41) is 37.6. The minimum atomic E-state index is -1.53. The molecule has 0 bridgehead atoms. The Morgan fingerprint density at radius 1 is 0.960 bits per heavy atom. The quantitative estimate of drug-likeness (QED) is 0.0268. The van der Waals surface area contributed by atoms with E-state index >= 15 is 0 Å². The summed E-state index contributed by atoms with van der Waals surface area (Å²) in [7, 11) is 4.83. The van der Waals surface area contributed by atoms with Gasteiger partial charge >= 0.3 is 5.97 Å². The minimum absolute atomic E-state index is 0.0118. The molecule has 2 heterocycles. The molecule has 0 aromatic carbocycles. The van der Waals surface area contributed by atoms with Crippen LogP contribution in [-0.2, 0) is 57.4 Å². The third-order valence-electron chi connectivity index (χ3n) is 6.51. The van der Waals surface area contributed by atoms with Crippen LogP contribution in [0.15, 0.2) is 12.2 Å². The molecule has 1 fully saturated rings. The van der Waals surface area contributed by atoms with Gasteiger partial charge in [-0.15, -0.1) is 0 Å². The van der Waals surface area contributed by atoms with Crippen molar-refractivity contribution >= 4 is 60.8 Å². The number of amides is 7. The Hall–Kier alpha value is -4.77. The molecule has 1 saturated heterocycles. The van der Waals surface area contributed by atoms with Crippen molar-refractivity contribution < 1.29 is 72.7 Å². The smallest absolute Gasteiger partial charge is 0.335 e. The normalized spacial score (nSPS) is 20.3. The average molecular weight is 712 g/mol. The molecule has 0 aromatic heterocycles. The highest BCUT2D eigenvalue weighted by Gasteiger charge is 2.40. The van der Waals surface area contributed by atoms with E-state index in [4.69, 9.17) is 32.9 Å². The van der Waals surface area contributed by atoms with E-state index in [-0.39, 0.29) is 58.2 Å². The number of ether oxygens (including phenoxy) is 3. The summed E-state index contributed by atoms with van der Waals surface area (Å²) < 4.78 is 14.8. The first-order valence-electron chi connectivity index (χ1n) is 15.1. The van der Waals surface area contributed by atoms with Crippen LogP contribution >= 0.6 is 0 Å². The van der Waals surface area contributed by atoms with Crippen molar-refractivity contribution in [2.75, 3.05) is 39.6 Å². The number of nitrogens with zero attached hydrogens (tertiary/aromatic N) is 1. The Balaban J connectivity index is 0.000000506. The lowest BCUT2D eigenvalue weighted by Crippen LogP contribution is -2.51. The highest BCUT2D eigenvalue weighted by molar-refractivity contribution is 6.58. The number of aliphatic carboxylic acids is 1. The van der Waals surface area contributed by atoms with Gasteiger partial charge in [0.1, 0.15) is 31.1 Å². The largest absolute Gasteiger partial charge is 0.479 e. The van der Waals surface area contributed by atoms with Crippen LogP contribution in [0.5, 0.6) is 0 Å². The van der Waals surface area contributed by atoms with Crippen LogP contribution in [0.3, 0.4) is 0 Å². The third kappa shape index (κ3) is 16.6. The molecular weight excluding hydrogens is 671 g/mol. The molecule has 2 aliphatic heterocycles. The van der Waals surface area contributed by atoms with Gasteiger partial charge in [0.15, 0.2) is 20.2 Å². The lowest BCUT2D eigenvalue weighted by atomic mass is 10.0. The number of aliphatic hydroxyl groups is 2. The first-order chi connectivity index (χ1) is 23.4. The summed E-state index contributed by atoms with van der Waals surface area (Å²) >= 11 is 0. The Morgan fingerprint density at radius 2 is 1.60 bits per heavy atom. The summed E-state index contributed by atoms with van der Waals surface area (Å²) in [6, 6.07) is -0.774. The fraction of sp³-hybridized carbons (Fsp3) is 0.607. The fourth-order valence-corrected chi connectivity index (χ4v) is 3.98. The van der Waals surface area contributed by atoms with E-state index in [1.54, 1.807) is 13.8 Å². The van der Waals surface area contributed by atoms with Gasteiger partial charge in [-0.05, 0) is 5.92 Å². The van der Waals surface area contributed by atoms with E-state index in [1.165, 1.54) is 0 Å². The number of carboxylic acids is 1. The summed E-state index contributed by atoms with van der Waals surface area (Å²) in [4.78, 5) is 102. The van der Waals surface area contributed by atoms with Crippen molar-refractivity contribution in [2.45, 2.75) is 63.8 Å². The number of carbonyl (C=O) groups is 9. The Labute approximate surface area is 287 Å². The average Bonchev–Trinajstić information content (AvgIpc) is 3.33. The van der Waals surface area contributed by atoms with Crippen LogP contribution in [-0.4, -0.2) is 151 Å². The number of imide groups is 1. The van der Waals surface area contributed by atoms with Gasteiger partial charge in [-0.1, -0.05) is 13.8 Å². The number of hydrogen-bond donors (Lipinski definition) is 8. The van der Waals surface area contributed by atoms with Gasteiger partial charge < -0.3 is 61.3 Å². The first-order valence-corrected chi connectivity index (χ1v) is 15.1. The number of nitrogens with one attached hydrogen (secondary N) is 4. The predicted octanol–water partition coefficient (Wildman–Crippen LogP) is -5.74. The van der Waals surface area contributed by atoms with Gasteiger partial charge in [-0.3, -0.25) is 38.5 Å². The molecule has 5 atom stereocenters. The number of primary amides is 1. The Bertz CT molecular complexity index is 1280. The van der Waals surface area contributed by atoms with Gasteiger partial charge in [0.25, 0.3) is 11.8 Å². The summed E-state index contributed by atoms with van der Waals surface area (Å²) in [5.41, 5.74) is 4.50. The molecule has 0 saturated carbocycles. The number of carbonyl (C=O) groups excluding carboxylic acids is 8. The van der Waals surface area contributed by atoms with Crippen molar-refractivity contribution in [3.05, 3.63) is 12.2 Å². The number of carboxylic acid groups (broad SMARTS) is 1. The molecule has 276 valence electrons. The van der Waals surface area contributed by atoms with E-state index in [0.717, 1.165) is 17.1 Å². The maximum absolute atomic E-state index is 11.7. The molecule has 2 rings (SSSR count). The van der Waals surface area contributed by atoms with Gasteiger partial charge in [0.2, 0.25) is 29.5 Å². The van der Waals surface area contributed by atoms with Gasteiger partial charge in [-0.25, -0.2) is 4.79 Å². The second-order valence-electron chi connectivity index (χ2n) is 11.0. The Morgan fingerprint density at radius 3 is 2.16 bits per heavy atom. The zero-order valence-corrected chi connectivity index (χ0v) is 27.3. The van der Waals surface area contributed by atoms with E-state index < -0.39 is 90.2 Å². The van der Waals surface area contributed by atoms with Crippen molar-refractivity contribution in [1.82, 2.24) is 26.2 Å². The van der Waals surface area contributed by atoms with Gasteiger partial charge in [0.05, 0.1) is 32.3 Å². The highest BCUT2D eigenvalue weighted by Crippen LogP contribution is 2.21. The third-order valence-corrected chi connectivity index (χ3v) is 6.51. The number of aliphatic hydroxyl groups excluding tert-OH is 2. The van der Waals surface area contributed by atoms with Crippen molar-refractivity contribution in [1.29, 1.82) is 0 Å². The molecule has 21 nitrogen and oxygen atoms in total. The number of nitrogens with two attached hydrogens (primary N) is 1. The molecule has 7 amide bonds. The Kier molecular flexibility index (Phi) is 19.1. The van der Waals surface area contributed by atoms with Gasteiger partial charge in [-0.2, -0.15) is 0 Å². The molecule has 2 aliphatic rings. The summed E-state index contributed by atoms with van der Waals surface area (Å²) in [5.74, 6) is -5.36. The molecule has 0 aliphatic carbocycles. The predicted molar refractivity (Wildman–Crippen MR) is 166 cm³/mol. The maximum Gasteiger partial charge on any atom is 0.335 e. The standard InChI is InChI=1S/C14H21BN2O10.C14H20N4O5/c15-9(20)5-25-6-17-11(22)4-16-10(21)1-2-26-14-8(19)3-7(18)12(27-14)13(23)24;1-8(2)13(14(15)23)17-9(19)5-6-16-10(20)7-18-11(21)3-4-12(18)22/h7-8,12,14,18-19H,1-6H2,(H,16,21)(H,17,22)(H,23,24);3-4,8,13H,5-7H2,1-2H3,(H2,15,23)(H,16,20)(H,17,19)/t7?,8?,12-,14?;13-/m00/s1. The van der Waals surface area contributed by atoms with Gasteiger partial charge in [0, 0.05) is 31.5 Å². The molecule has 9 N–H and O–H groups in total. The van der Waals surface area contributed by atoms with E-state index in [2.05, 4.69) is 21.3 Å². The second-order valence-corrected chi connectivity index (χ2v) is 11.0. The van der Waals surface area contributed by atoms with Crippen LogP contribution in [0, 0.1) is 5.92 Å². The summed E-state index contributed by atoms with van der Waals surface area (Å²) in [6.07, 6.45) is -3.76. The highest BCUT2D eigenvalue weighted by atomic mass is 16.7. The fourth-order valence-electron chi connectivity index (χ4n) is 3.98. The van der Waals surface area contributed by atoms with Crippen molar-refractivity contribution in [3.63, 3.8) is 0 Å². The lowest BCUT2D eigenvalue weighted by Gasteiger charge is -2.34. The van der Waals surface area contributed by atoms with Crippen LogP contribution in [0.2, 0.25) is 0 Å². The lowest BCUT2D eigenvalue weighted by molar-refractivity contribution is -0.264. The summed E-state index contributed by atoms with van der Waals surface area (Å²) in [6.45, 7) is 1.96. The van der Waals surface area contributed by atoms with Crippen LogP contribution in [0.1, 0.15) is 33.1 Å². The molecule has 0 spiro atoms. The molecule has 2 radical (unpaired) electrons. The zero-order valence-electron chi connectivity index (χ0n) is 27.3. The number of rotatable bonds is 19. The molecule has 50 heavy (non-hydrogen) atoms. The second kappa shape index (κ2) is 22.1. The van der Waals surface area contributed by atoms with Crippen molar-refractivity contribution in [3.8, 4) is 0 Å². The van der Waals surface area contributed by atoms with E-state index in [9.17, 15) is 53.4 Å².